The maximum atomic E-state index is 5.22. The Morgan fingerprint density at radius 3 is 2.15 bits per heavy atom. The summed E-state index contributed by atoms with van der Waals surface area (Å²) in [7, 11) is 1.79. The van der Waals surface area contributed by atoms with Gasteiger partial charge in [0, 0.05) is 12.6 Å². The molecule has 0 aromatic rings. The fourth-order valence-electron chi connectivity index (χ4n) is 2.08. The van der Waals surface area contributed by atoms with Gasteiger partial charge < -0.3 is 10.1 Å². The molecule has 0 atom stereocenters. The van der Waals surface area contributed by atoms with E-state index in [1.54, 1.807) is 7.11 Å². The Labute approximate surface area is 83.1 Å². The monoisotopic (exact) mass is 187 g/mol. The van der Waals surface area contributed by atoms with Gasteiger partial charge in [0.2, 0.25) is 0 Å². The van der Waals surface area contributed by atoms with E-state index in [9.17, 15) is 0 Å². The number of rotatable bonds is 4. The molecule has 1 fully saturated rings. The third-order valence-corrected chi connectivity index (χ3v) is 2.53. The van der Waals surface area contributed by atoms with Crippen LogP contribution in [0.25, 0.3) is 0 Å². The Morgan fingerprint density at radius 2 is 1.77 bits per heavy atom. The van der Waals surface area contributed by atoms with Crippen molar-refractivity contribution in [1.82, 2.24) is 5.32 Å². The van der Waals surface area contributed by atoms with Gasteiger partial charge in [-0.1, -0.05) is 33.6 Å². The summed E-state index contributed by atoms with van der Waals surface area (Å²) >= 11 is 0. The molecule has 1 saturated carbocycles. The van der Waals surface area contributed by atoms with E-state index in [4.69, 9.17) is 4.74 Å². The van der Waals surface area contributed by atoms with Crippen molar-refractivity contribution in [1.29, 1.82) is 0 Å². The van der Waals surface area contributed by atoms with Gasteiger partial charge in [-0.25, -0.2) is 0 Å². The second-order valence-electron chi connectivity index (χ2n) is 3.45. The number of ether oxygens (including phenoxy) is 1. The molecule has 0 saturated heterocycles. The number of hydrogen-bond donors (Lipinski definition) is 1. The van der Waals surface area contributed by atoms with Crippen LogP contribution in [-0.2, 0) is 4.74 Å². The van der Waals surface area contributed by atoms with Crippen molar-refractivity contribution < 1.29 is 4.74 Å². The molecular weight excluding hydrogens is 162 g/mol. The van der Waals surface area contributed by atoms with Gasteiger partial charge in [-0.2, -0.15) is 0 Å². The number of likely N-dealkylation sites (N-methyl/N-ethyl adjacent to an activating group) is 1. The number of hydrogen-bond acceptors (Lipinski definition) is 2. The summed E-state index contributed by atoms with van der Waals surface area (Å²) in [6.45, 7) is 8.10. The van der Waals surface area contributed by atoms with Gasteiger partial charge in [0.05, 0.1) is 6.61 Å². The second kappa shape index (κ2) is 7.34. The Balaban J connectivity index is 0.000000671. The SMILES string of the molecule is CC.CCNC1(COC)CCCC1. The highest BCUT2D eigenvalue weighted by molar-refractivity contribution is 4.91. The van der Waals surface area contributed by atoms with Gasteiger partial charge in [-0.05, 0) is 19.4 Å². The van der Waals surface area contributed by atoms with Gasteiger partial charge in [0.1, 0.15) is 0 Å². The quantitative estimate of drug-likeness (QED) is 0.730. The molecule has 1 aliphatic rings. The highest BCUT2D eigenvalue weighted by Gasteiger charge is 2.32. The first kappa shape index (κ1) is 12.9. The molecule has 0 bridgehead atoms. The molecule has 0 aromatic heterocycles. The largest absolute Gasteiger partial charge is 0.383 e. The van der Waals surface area contributed by atoms with Crippen LogP contribution < -0.4 is 5.32 Å². The van der Waals surface area contributed by atoms with E-state index in [1.807, 2.05) is 13.8 Å². The lowest BCUT2D eigenvalue weighted by molar-refractivity contribution is 0.113. The zero-order valence-corrected chi connectivity index (χ0v) is 9.65. The van der Waals surface area contributed by atoms with Crippen LogP contribution in [0.1, 0.15) is 46.5 Å². The Morgan fingerprint density at radius 1 is 1.23 bits per heavy atom. The van der Waals surface area contributed by atoms with E-state index < -0.39 is 0 Å². The molecule has 0 radical (unpaired) electrons. The van der Waals surface area contributed by atoms with E-state index in [-0.39, 0.29) is 0 Å². The predicted octanol–water partition coefficient (Wildman–Crippen LogP) is 2.58. The minimum absolute atomic E-state index is 0.323. The second-order valence-corrected chi connectivity index (χ2v) is 3.45. The van der Waals surface area contributed by atoms with Gasteiger partial charge in [-0.3, -0.25) is 0 Å². The molecule has 0 spiro atoms. The standard InChI is InChI=1S/C9H19NO.C2H6/c1-3-10-9(8-11-2)6-4-5-7-9;1-2/h10H,3-8H2,1-2H3;1-2H3. The van der Waals surface area contributed by atoms with Crippen molar-refractivity contribution in [3.63, 3.8) is 0 Å². The van der Waals surface area contributed by atoms with Gasteiger partial charge in [-0.15, -0.1) is 0 Å². The van der Waals surface area contributed by atoms with Crippen LogP contribution in [0.5, 0.6) is 0 Å². The van der Waals surface area contributed by atoms with E-state index in [2.05, 4.69) is 12.2 Å². The summed E-state index contributed by atoms with van der Waals surface area (Å²) in [4.78, 5) is 0. The van der Waals surface area contributed by atoms with Crippen molar-refractivity contribution in [3.05, 3.63) is 0 Å². The minimum Gasteiger partial charge on any atom is -0.383 e. The summed E-state index contributed by atoms with van der Waals surface area (Å²) in [5.41, 5.74) is 0.323. The number of nitrogens with one attached hydrogen (secondary N) is 1. The first-order valence-electron chi connectivity index (χ1n) is 5.57. The lowest BCUT2D eigenvalue weighted by atomic mass is 9.99. The molecule has 2 nitrogen and oxygen atoms in total. The van der Waals surface area contributed by atoms with Gasteiger partial charge in [0.25, 0.3) is 0 Å². The maximum Gasteiger partial charge on any atom is 0.0644 e. The highest BCUT2D eigenvalue weighted by atomic mass is 16.5. The summed E-state index contributed by atoms with van der Waals surface area (Å²) in [6.07, 6.45) is 5.29. The van der Waals surface area contributed by atoms with E-state index in [0.717, 1.165) is 13.2 Å². The van der Waals surface area contributed by atoms with Gasteiger partial charge in [0.15, 0.2) is 0 Å². The normalized spacial score (nSPS) is 19.4. The summed E-state index contributed by atoms with van der Waals surface area (Å²) < 4.78 is 5.22. The molecule has 80 valence electrons. The molecule has 1 rings (SSSR count). The average molecular weight is 187 g/mol. The molecule has 0 unspecified atom stereocenters. The molecule has 0 aliphatic heterocycles. The van der Waals surface area contributed by atoms with E-state index >= 15 is 0 Å². The Bertz CT molecular complexity index is 101. The summed E-state index contributed by atoms with van der Waals surface area (Å²) in [5.74, 6) is 0. The van der Waals surface area contributed by atoms with Crippen LogP contribution in [0.3, 0.4) is 0 Å². The van der Waals surface area contributed by atoms with Crippen LogP contribution >= 0.6 is 0 Å². The zero-order valence-electron chi connectivity index (χ0n) is 9.65. The van der Waals surface area contributed by atoms with Crippen molar-refractivity contribution in [2.24, 2.45) is 0 Å². The molecule has 1 aliphatic carbocycles. The molecule has 2 heteroatoms. The molecule has 13 heavy (non-hydrogen) atoms. The Kier molecular flexibility index (Phi) is 7.29. The van der Waals surface area contributed by atoms with Crippen LogP contribution in [0.15, 0.2) is 0 Å². The fraction of sp³-hybridized carbons (Fsp3) is 1.00. The van der Waals surface area contributed by atoms with Crippen molar-refractivity contribution in [3.8, 4) is 0 Å². The summed E-state index contributed by atoms with van der Waals surface area (Å²) in [6, 6.07) is 0. The molecule has 0 amide bonds. The van der Waals surface area contributed by atoms with Crippen LogP contribution in [0.2, 0.25) is 0 Å². The van der Waals surface area contributed by atoms with Crippen LogP contribution in [-0.4, -0.2) is 25.8 Å². The van der Waals surface area contributed by atoms with Crippen molar-refractivity contribution in [2.45, 2.75) is 52.0 Å². The first-order chi connectivity index (χ1) is 6.33. The van der Waals surface area contributed by atoms with Crippen molar-refractivity contribution >= 4 is 0 Å². The van der Waals surface area contributed by atoms with Crippen molar-refractivity contribution in [2.75, 3.05) is 20.3 Å². The molecule has 1 N–H and O–H groups in total. The average Bonchev–Trinajstić information content (AvgIpc) is 2.58. The molecule has 0 aromatic carbocycles. The van der Waals surface area contributed by atoms with Gasteiger partial charge >= 0.3 is 0 Å². The fourth-order valence-corrected chi connectivity index (χ4v) is 2.08. The molecule has 0 heterocycles. The smallest absolute Gasteiger partial charge is 0.0644 e. The summed E-state index contributed by atoms with van der Waals surface area (Å²) in [5, 5.41) is 3.53. The van der Waals surface area contributed by atoms with E-state index in [0.29, 0.717) is 5.54 Å². The van der Waals surface area contributed by atoms with Crippen LogP contribution in [0, 0.1) is 0 Å². The van der Waals surface area contributed by atoms with Crippen LogP contribution in [0.4, 0.5) is 0 Å². The third kappa shape index (κ3) is 4.10. The lowest BCUT2D eigenvalue weighted by Gasteiger charge is -2.28. The molecular formula is C11H25NO. The Hall–Kier alpha value is -0.0800. The highest BCUT2D eigenvalue weighted by Crippen LogP contribution is 2.29. The third-order valence-electron chi connectivity index (χ3n) is 2.53. The minimum atomic E-state index is 0.323. The number of methoxy groups -OCH3 is 1. The first-order valence-corrected chi connectivity index (χ1v) is 5.57. The van der Waals surface area contributed by atoms with E-state index in [1.165, 1.54) is 25.7 Å². The lowest BCUT2D eigenvalue weighted by Crippen LogP contribution is -2.46. The topological polar surface area (TPSA) is 21.3 Å². The predicted molar refractivity (Wildman–Crippen MR) is 58.1 cm³/mol. The zero-order chi connectivity index (χ0) is 10.2. The maximum absolute atomic E-state index is 5.22.